The number of terminal acetylenes is 1. The number of nitrogens with one attached hydrogen (secondary N) is 1. The third kappa shape index (κ3) is 3.15. The molecule has 1 aromatic carbocycles. The number of rotatable bonds is 4. The van der Waals surface area contributed by atoms with Gasteiger partial charge in [-0.2, -0.15) is 0 Å². The van der Waals surface area contributed by atoms with Crippen LogP contribution < -0.4 is 5.32 Å². The molecule has 1 fully saturated rings. The maximum absolute atomic E-state index is 5.57. The van der Waals surface area contributed by atoms with Gasteiger partial charge in [-0.3, -0.25) is 0 Å². The summed E-state index contributed by atoms with van der Waals surface area (Å²) in [5, 5.41) is 3.67. The van der Waals surface area contributed by atoms with E-state index in [1.165, 1.54) is 31.2 Å². The van der Waals surface area contributed by atoms with Gasteiger partial charge in [-0.05, 0) is 30.7 Å². The Morgan fingerprint density at radius 3 is 2.67 bits per heavy atom. The third-order valence-electron chi connectivity index (χ3n) is 4.02. The lowest BCUT2D eigenvalue weighted by Gasteiger charge is -2.34. The van der Waals surface area contributed by atoms with Crippen LogP contribution in [0.1, 0.15) is 50.5 Å². The normalized spacial score (nSPS) is 25.3. The zero-order chi connectivity index (χ0) is 12.8. The van der Waals surface area contributed by atoms with Gasteiger partial charge in [0.25, 0.3) is 0 Å². The summed E-state index contributed by atoms with van der Waals surface area (Å²) in [4.78, 5) is 0. The fourth-order valence-electron chi connectivity index (χ4n) is 2.97. The summed E-state index contributed by atoms with van der Waals surface area (Å²) in [7, 11) is 0. The molecule has 0 aliphatic heterocycles. The molecule has 1 aliphatic carbocycles. The summed E-state index contributed by atoms with van der Waals surface area (Å²) in [5.74, 6) is 3.49. The Balaban J connectivity index is 2.09. The van der Waals surface area contributed by atoms with Crippen molar-refractivity contribution in [1.29, 1.82) is 0 Å². The number of hydrogen-bond donors (Lipinski definition) is 1. The molecule has 3 unspecified atom stereocenters. The summed E-state index contributed by atoms with van der Waals surface area (Å²) >= 11 is 0. The smallest absolute Gasteiger partial charge is 0.0686 e. The number of hydrogen-bond acceptors (Lipinski definition) is 1. The van der Waals surface area contributed by atoms with Crippen LogP contribution in [0.15, 0.2) is 30.3 Å². The highest BCUT2D eigenvalue weighted by Crippen LogP contribution is 2.33. The van der Waals surface area contributed by atoms with Gasteiger partial charge in [-0.25, -0.2) is 0 Å². The highest BCUT2D eigenvalue weighted by Gasteiger charge is 2.27. The molecule has 0 radical (unpaired) electrons. The molecule has 0 heterocycles. The van der Waals surface area contributed by atoms with Crippen LogP contribution in [0.4, 0.5) is 0 Å². The van der Waals surface area contributed by atoms with Gasteiger partial charge in [0, 0.05) is 6.04 Å². The molecule has 96 valence electrons. The average molecular weight is 241 g/mol. The van der Waals surface area contributed by atoms with Gasteiger partial charge < -0.3 is 5.32 Å². The van der Waals surface area contributed by atoms with Gasteiger partial charge in [0.05, 0.1) is 6.04 Å². The van der Waals surface area contributed by atoms with Crippen LogP contribution in [0.5, 0.6) is 0 Å². The molecule has 0 amide bonds. The molecule has 1 nitrogen and oxygen atoms in total. The molecular weight excluding hydrogens is 218 g/mol. The number of benzene rings is 1. The van der Waals surface area contributed by atoms with Crippen LogP contribution in [0.2, 0.25) is 0 Å². The summed E-state index contributed by atoms with van der Waals surface area (Å²) in [6.45, 7) is 2.15. The summed E-state index contributed by atoms with van der Waals surface area (Å²) in [5.41, 5.74) is 1.46. The Hall–Kier alpha value is -1.26. The van der Waals surface area contributed by atoms with Crippen molar-refractivity contribution in [2.75, 3.05) is 0 Å². The molecular formula is C17H23N. The Morgan fingerprint density at radius 2 is 2.00 bits per heavy atom. The maximum Gasteiger partial charge on any atom is 0.0686 e. The maximum atomic E-state index is 5.57. The quantitative estimate of drug-likeness (QED) is 0.792. The standard InChI is InChI=1S/C17H23N/c1-3-15(4-2)18-17-13-9-8-12-16(17)14-10-6-5-7-11-14/h1,5-7,10-11,15-18H,4,8-9,12-13H2,2H3. The highest BCUT2D eigenvalue weighted by atomic mass is 15.0. The van der Waals surface area contributed by atoms with E-state index in [-0.39, 0.29) is 6.04 Å². The molecule has 1 aromatic rings. The van der Waals surface area contributed by atoms with E-state index in [0.717, 1.165) is 6.42 Å². The summed E-state index contributed by atoms with van der Waals surface area (Å²) < 4.78 is 0. The largest absolute Gasteiger partial charge is 0.300 e. The zero-order valence-electron chi connectivity index (χ0n) is 11.2. The first-order valence-corrected chi connectivity index (χ1v) is 7.12. The Kier molecular flexibility index (Phi) is 4.84. The second-order valence-corrected chi connectivity index (χ2v) is 5.20. The predicted molar refractivity (Wildman–Crippen MR) is 77.5 cm³/mol. The van der Waals surface area contributed by atoms with Crippen LogP contribution in [0.3, 0.4) is 0 Å². The Labute approximate surface area is 111 Å². The van der Waals surface area contributed by atoms with Crippen molar-refractivity contribution in [1.82, 2.24) is 5.32 Å². The molecule has 2 rings (SSSR count). The van der Waals surface area contributed by atoms with Gasteiger partial charge in [0.1, 0.15) is 0 Å². The molecule has 1 aliphatic rings. The second-order valence-electron chi connectivity index (χ2n) is 5.20. The Bertz CT molecular complexity index is 390. The molecule has 0 spiro atoms. The summed E-state index contributed by atoms with van der Waals surface area (Å²) in [6.07, 6.45) is 11.8. The first-order chi connectivity index (χ1) is 8.85. The first kappa shape index (κ1) is 13.2. The third-order valence-corrected chi connectivity index (χ3v) is 4.02. The predicted octanol–water partition coefficient (Wildman–Crippen LogP) is 3.71. The van der Waals surface area contributed by atoms with Crippen molar-refractivity contribution < 1.29 is 0 Å². The van der Waals surface area contributed by atoms with E-state index in [1.54, 1.807) is 0 Å². The van der Waals surface area contributed by atoms with Crippen molar-refractivity contribution in [3.8, 4) is 12.3 Å². The minimum Gasteiger partial charge on any atom is -0.300 e. The Morgan fingerprint density at radius 1 is 1.28 bits per heavy atom. The SMILES string of the molecule is C#CC(CC)NC1CCCCC1c1ccccc1. The first-order valence-electron chi connectivity index (χ1n) is 7.12. The average Bonchev–Trinajstić information content (AvgIpc) is 2.46. The zero-order valence-corrected chi connectivity index (χ0v) is 11.2. The highest BCUT2D eigenvalue weighted by molar-refractivity contribution is 5.22. The van der Waals surface area contributed by atoms with E-state index in [1.807, 2.05) is 0 Å². The van der Waals surface area contributed by atoms with Crippen LogP contribution in [-0.4, -0.2) is 12.1 Å². The second kappa shape index (κ2) is 6.61. The van der Waals surface area contributed by atoms with Gasteiger partial charge in [-0.15, -0.1) is 6.42 Å². The van der Waals surface area contributed by atoms with Crippen molar-refractivity contribution in [2.45, 2.75) is 57.0 Å². The van der Waals surface area contributed by atoms with Gasteiger partial charge in [-0.1, -0.05) is 56.0 Å². The lowest BCUT2D eigenvalue weighted by molar-refractivity contribution is 0.313. The van der Waals surface area contributed by atoms with Crippen LogP contribution in [0, 0.1) is 12.3 Å². The molecule has 0 aromatic heterocycles. The fourth-order valence-corrected chi connectivity index (χ4v) is 2.97. The van der Waals surface area contributed by atoms with Gasteiger partial charge in [0.15, 0.2) is 0 Å². The topological polar surface area (TPSA) is 12.0 Å². The molecule has 1 heteroatoms. The van der Waals surface area contributed by atoms with E-state index in [4.69, 9.17) is 6.42 Å². The molecule has 0 saturated heterocycles. The van der Waals surface area contributed by atoms with E-state index < -0.39 is 0 Å². The van der Waals surface area contributed by atoms with Crippen LogP contribution in [0.25, 0.3) is 0 Å². The van der Waals surface area contributed by atoms with Crippen LogP contribution in [-0.2, 0) is 0 Å². The summed E-state index contributed by atoms with van der Waals surface area (Å²) in [6, 6.07) is 11.6. The van der Waals surface area contributed by atoms with E-state index in [2.05, 4.69) is 48.5 Å². The monoisotopic (exact) mass is 241 g/mol. The van der Waals surface area contributed by atoms with Gasteiger partial charge in [0.2, 0.25) is 0 Å². The van der Waals surface area contributed by atoms with Crippen molar-refractivity contribution in [2.24, 2.45) is 0 Å². The van der Waals surface area contributed by atoms with E-state index in [9.17, 15) is 0 Å². The molecule has 0 bridgehead atoms. The lowest BCUT2D eigenvalue weighted by Crippen LogP contribution is -2.42. The van der Waals surface area contributed by atoms with E-state index in [0.29, 0.717) is 12.0 Å². The van der Waals surface area contributed by atoms with E-state index >= 15 is 0 Å². The van der Waals surface area contributed by atoms with Crippen molar-refractivity contribution in [3.63, 3.8) is 0 Å². The minimum absolute atomic E-state index is 0.222. The van der Waals surface area contributed by atoms with Crippen molar-refractivity contribution >= 4 is 0 Å². The fraction of sp³-hybridized carbons (Fsp3) is 0.529. The van der Waals surface area contributed by atoms with Gasteiger partial charge >= 0.3 is 0 Å². The molecule has 1 saturated carbocycles. The van der Waals surface area contributed by atoms with Crippen molar-refractivity contribution in [3.05, 3.63) is 35.9 Å². The minimum atomic E-state index is 0.222. The molecule has 18 heavy (non-hydrogen) atoms. The molecule has 1 N–H and O–H groups in total. The molecule has 3 atom stereocenters. The lowest BCUT2D eigenvalue weighted by atomic mass is 9.79. The van der Waals surface area contributed by atoms with Crippen LogP contribution >= 0.6 is 0 Å².